The zero-order chi connectivity index (χ0) is 21.2. The lowest BCUT2D eigenvalue weighted by molar-refractivity contribution is -0.116. The molecule has 0 aliphatic heterocycles. The van der Waals surface area contributed by atoms with Crippen LogP contribution in [-0.2, 0) is 9.59 Å². The highest BCUT2D eigenvalue weighted by molar-refractivity contribution is 5.96. The standard InChI is InChI=1S/C22H28N4O3/c1-4-5-20(27)25-18-10-12-19(13-11-18)26-21(28)14-23-17-8-6-16(7-9-17)22(29)24-15(2)3/h6-13,15,23H,4-5,14H2,1-3H3,(H,24,29)(H,25,27)(H,26,28). The lowest BCUT2D eigenvalue weighted by Gasteiger charge is -2.11. The quantitative estimate of drug-likeness (QED) is 0.520. The van der Waals surface area contributed by atoms with E-state index in [4.69, 9.17) is 0 Å². The normalized spacial score (nSPS) is 10.3. The van der Waals surface area contributed by atoms with Crippen molar-refractivity contribution < 1.29 is 14.4 Å². The molecule has 2 rings (SSSR count). The molecule has 4 N–H and O–H groups in total. The summed E-state index contributed by atoms with van der Waals surface area (Å²) in [6, 6.07) is 14.0. The van der Waals surface area contributed by atoms with Gasteiger partial charge in [-0.05, 0) is 68.8 Å². The topological polar surface area (TPSA) is 99.3 Å². The average molecular weight is 396 g/mol. The molecule has 0 saturated heterocycles. The van der Waals surface area contributed by atoms with Crippen LogP contribution in [0, 0.1) is 0 Å². The van der Waals surface area contributed by atoms with Gasteiger partial charge in [-0.3, -0.25) is 14.4 Å². The second-order valence-electron chi connectivity index (χ2n) is 6.98. The van der Waals surface area contributed by atoms with Crippen LogP contribution < -0.4 is 21.3 Å². The number of benzene rings is 2. The van der Waals surface area contributed by atoms with Crippen LogP contribution in [0.2, 0.25) is 0 Å². The molecule has 7 heteroatoms. The van der Waals surface area contributed by atoms with E-state index in [1.165, 1.54) is 0 Å². The molecule has 0 fully saturated rings. The SMILES string of the molecule is CCCC(=O)Nc1ccc(NC(=O)CNc2ccc(C(=O)NC(C)C)cc2)cc1. The number of anilines is 3. The summed E-state index contributed by atoms with van der Waals surface area (Å²) in [7, 11) is 0. The third kappa shape index (κ3) is 7.65. The third-order valence-electron chi connectivity index (χ3n) is 3.95. The van der Waals surface area contributed by atoms with E-state index in [-0.39, 0.29) is 30.3 Å². The summed E-state index contributed by atoms with van der Waals surface area (Å²) in [6.45, 7) is 5.85. The van der Waals surface area contributed by atoms with Gasteiger partial charge in [0.1, 0.15) is 0 Å². The highest BCUT2D eigenvalue weighted by Gasteiger charge is 2.07. The van der Waals surface area contributed by atoms with Gasteiger partial charge in [0, 0.05) is 35.1 Å². The number of carbonyl (C=O) groups is 3. The number of amides is 3. The molecule has 0 heterocycles. The highest BCUT2D eigenvalue weighted by atomic mass is 16.2. The maximum absolute atomic E-state index is 12.1. The highest BCUT2D eigenvalue weighted by Crippen LogP contribution is 2.14. The summed E-state index contributed by atoms with van der Waals surface area (Å²) in [5, 5.41) is 11.4. The Morgan fingerprint density at radius 2 is 1.31 bits per heavy atom. The Balaban J connectivity index is 1.80. The van der Waals surface area contributed by atoms with Crippen molar-refractivity contribution in [3.05, 3.63) is 54.1 Å². The Morgan fingerprint density at radius 3 is 1.83 bits per heavy atom. The number of nitrogens with one attached hydrogen (secondary N) is 4. The van der Waals surface area contributed by atoms with E-state index in [0.717, 1.165) is 12.1 Å². The molecule has 7 nitrogen and oxygen atoms in total. The first-order valence-electron chi connectivity index (χ1n) is 9.72. The van der Waals surface area contributed by atoms with Gasteiger partial charge in [0.05, 0.1) is 6.54 Å². The second kappa shape index (κ2) is 10.8. The Labute approximate surface area is 171 Å². The van der Waals surface area contributed by atoms with E-state index in [1.54, 1.807) is 48.5 Å². The summed E-state index contributed by atoms with van der Waals surface area (Å²) in [4.78, 5) is 35.6. The van der Waals surface area contributed by atoms with Crippen LogP contribution in [0.4, 0.5) is 17.1 Å². The van der Waals surface area contributed by atoms with Crippen molar-refractivity contribution in [3.63, 3.8) is 0 Å². The first-order chi connectivity index (χ1) is 13.9. The van der Waals surface area contributed by atoms with Gasteiger partial charge in [0.25, 0.3) is 5.91 Å². The van der Waals surface area contributed by atoms with E-state index in [2.05, 4.69) is 21.3 Å². The maximum atomic E-state index is 12.1. The van der Waals surface area contributed by atoms with Gasteiger partial charge >= 0.3 is 0 Å². The molecule has 0 spiro atoms. The van der Waals surface area contributed by atoms with Gasteiger partial charge in [0.2, 0.25) is 11.8 Å². The molecular weight excluding hydrogens is 368 g/mol. The second-order valence-corrected chi connectivity index (χ2v) is 6.98. The molecule has 3 amide bonds. The molecule has 0 atom stereocenters. The summed E-state index contributed by atoms with van der Waals surface area (Å²) < 4.78 is 0. The first kappa shape index (κ1) is 21.9. The molecule has 154 valence electrons. The molecule has 29 heavy (non-hydrogen) atoms. The molecule has 0 saturated carbocycles. The molecule has 0 radical (unpaired) electrons. The van der Waals surface area contributed by atoms with Gasteiger partial charge in [0.15, 0.2) is 0 Å². The van der Waals surface area contributed by atoms with Gasteiger partial charge in [-0.15, -0.1) is 0 Å². The summed E-state index contributed by atoms with van der Waals surface area (Å²) >= 11 is 0. The Kier molecular flexibility index (Phi) is 8.21. The fraction of sp³-hybridized carbons (Fsp3) is 0.318. The lowest BCUT2D eigenvalue weighted by atomic mass is 10.2. The number of hydrogen-bond acceptors (Lipinski definition) is 4. The van der Waals surface area contributed by atoms with Crippen LogP contribution in [0.15, 0.2) is 48.5 Å². The van der Waals surface area contributed by atoms with Crippen molar-refractivity contribution in [2.24, 2.45) is 0 Å². The van der Waals surface area contributed by atoms with Crippen LogP contribution in [0.5, 0.6) is 0 Å². The van der Waals surface area contributed by atoms with Crippen molar-refractivity contribution in [2.45, 2.75) is 39.7 Å². The summed E-state index contributed by atoms with van der Waals surface area (Å²) in [6.07, 6.45) is 1.27. The predicted octanol–water partition coefficient (Wildman–Crippen LogP) is 3.61. The van der Waals surface area contributed by atoms with Crippen molar-refractivity contribution in [1.82, 2.24) is 5.32 Å². The zero-order valence-corrected chi connectivity index (χ0v) is 17.0. The van der Waals surface area contributed by atoms with E-state index in [9.17, 15) is 14.4 Å². The van der Waals surface area contributed by atoms with Crippen molar-refractivity contribution in [2.75, 3.05) is 22.5 Å². The molecule has 2 aromatic rings. The van der Waals surface area contributed by atoms with Crippen LogP contribution in [-0.4, -0.2) is 30.3 Å². The van der Waals surface area contributed by atoms with E-state index >= 15 is 0 Å². The molecule has 0 aromatic heterocycles. The smallest absolute Gasteiger partial charge is 0.251 e. The monoisotopic (exact) mass is 396 g/mol. The van der Waals surface area contributed by atoms with E-state index < -0.39 is 0 Å². The Morgan fingerprint density at radius 1 is 0.793 bits per heavy atom. The van der Waals surface area contributed by atoms with Crippen LogP contribution in [0.1, 0.15) is 44.0 Å². The minimum absolute atomic E-state index is 0.0267. The molecule has 0 bridgehead atoms. The van der Waals surface area contributed by atoms with Gasteiger partial charge in [-0.2, -0.15) is 0 Å². The van der Waals surface area contributed by atoms with E-state index in [1.807, 2.05) is 20.8 Å². The Hall–Kier alpha value is -3.35. The number of rotatable bonds is 9. The van der Waals surface area contributed by atoms with Crippen LogP contribution in [0.25, 0.3) is 0 Å². The predicted molar refractivity (Wildman–Crippen MR) is 116 cm³/mol. The summed E-state index contributed by atoms with van der Waals surface area (Å²) in [5.41, 5.74) is 2.65. The number of carbonyl (C=O) groups excluding carboxylic acids is 3. The molecule has 0 aliphatic rings. The van der Waals surface area contributed by atoms with Gasteiger partial charge in [-0.1, -0.05) is 6.92 Å². The third-order valence-corrected chi connectivity index (χ3v) is 3.95. The first-order valence-corrected chi connectivity index (χ1v) is 9.72. The van der Waals surface area contributed by atoms with Crippen molar-refractivity contribution in [3.8, 4) is 0 Å². The van der Waals surface area contributed by atoms with Crippen LogP contribution in [0.3, 0.4) is 0 Å². The summed E-state index contributed by atoms with van der Waals surface area (Å²) in [5.74, 6) is -0.353. The molecular formula is C22H28N4O3. The molecule has 2 aromatic carbocycles. The minimum atomic E-state index is -0.200. The zero-order valence-electron chi connectivity index (χ0n) is 17.0. The fourth-order valence-electron chi connectivity index (χ4n) is 2.56. The minimum Gasteiger partial charge on any atom is -0.376 e. The lowest BCUT2D eigenvalue weighted by Crippen LogP contribution is -2.30. The van der Waals surface area contributed by atoms with Crippen LogP contribution >= 0.6 is 0 Å². The average Bonchev–Trinajstić information content (AvgIpc) is 2.68. The largest absolute Gasteiger partial charge is 0.376 e. The van der Waals surface area contributed by atoms with E-state index in [0.29, 0.717) is 23.4 Å². The van der Waals surface area contributed by atoms with Gasteiger partial charge < -0.3 is 21.3 Å². The van der Waals surface area contributed by atoms with Gasteiger partial charge in [-0.25, -0.2) is 0 Å². The molecule has 0 unspecified atom stereocenters. The number of hydrogen-bond donors (Lipinski definition) is 4. The molecule has 0 aliphatic carbocycles. The fourth-order valence-corrected chi connectivity index (χ4v) is 2.56. The maximum Gasteiger partial charge on any atom is 0.251 e. The Bertz CT molecular complexity index is 830. The van der Waals surface area contributed by atoms with Crippen molar-refractivity contribution >= 4 is 34.8 Å². The van der Waals surface area contributed by atoms with Crippen molar-refractivity contribution in [1.29, 1.82) is 0 Å².